The van der Waals surface area contributed by atoms with Crippen LogP contribution in [0.15, 0.2) is 29.2 Å². The molecule has 7 heteroatoms. The van der Waals surface area contributed by atoms with Crippen molar-refractivity contribution < 1.29 is 13.2 Å². The lowest BCUT2D eigenvalue weighted by atomic mass is 10.3. The molecule has 0 aromatic heterocycles. The largest absolute Gasteiger partial charge is 0.325 e. The lowest BCUT2D eigenvalue weighted by molar-refractivity contribution is -0.115. The zero-order chi connectivity index (χ0) is 14.5. The molecule has 0 spiro atoms. The van der Waals surface area contributed by atoms with Crippen LogP contribution in [0.1, 0.15) is 13.8 Å². The van der Waals surface area contributed by atoms with Crippen LogP contribution in [0.3, 0.4) is 0 Å². The number of amides is 1. The number of benzene rings is 1. The fourth-order valence-electron chi connectivity index (χ4n) is 1.36. The van der Waals surface area contributed by atoms with Gasteiger partial charge in [-0.1, -0.05) is 19.9 Å². The van der Waals surface area contributed by atoms with Crippen LogP contribution in [0.5, 0.6) is 0 Å². The van der Waals surface area contributed by atoms with E-state index in [-0.39, 0.29) is 23.4 Å². The van der Waals surface area contributed by atoms with E-state index in [4.69, 9.17) is 0 Å². The number of rotatable bonds is 6. The molecule has 0 radical (unpaired) electrons. The zero-order valence-electron chi connectivity index (χ0n) is 11.2. The molecule has 0 fully saturated rings. The third kappa shape index (κ3) is 4.98. The Morgan fingerprint density at radius 2 is 2.00 bits per heavy atom. The van der Waals surface area contributed by atoms with E-state index in [0.717, 1.165) is 0 Å². The molecule has 19 heavy (non-hydrogen) atoms. The van der Waals surface area contributed by atoms with Crippen molar-refractivity contribution in [2.24, 2.45) is 0 Å². The first-order valence-electron chi connectivity index (χ1n) is 5.92. The quantitative estimate of drug-likeness (QED) is 0.711. The van der Waals surface area contributed by atoms with Crippen LogP contribution in [0.4, 0.5) is 5.69 Å². The lowest BCUT2D eigenvalue weighted by Crippen LogP contribution is -2.32. The summed E-state index contributed by atoms with van der Waals surface area (Å²) in [5.74, 6) is -0.215. The smallest absolute Gasteiger partial charge is 0.240 e. The van der Waals surface area contributed by atoms with Crippen molar-refractivity contribution in [1.82, 2.24) is 10.0 Å². The number of anilines is 1. The summed E-state index contributed by atoms with van der Waals surface area (Å²) in [6, 6.07) is 6.31. The van der Waals surface area contributed by atoms with Gasteiger partial charge in [-0.15, -0.1) is 0 Å². The van der Waals surface area contributed by atoms with Gasteiger partial charge in [-0.2, -0.15) is 0 Å². The first-order valence-corrected chi connectivity index (χ1v) is 7.40. The number of carbonyl (C=O) groups excluding carboxylic acids is 1. The number of sulfonamides is 1. The second-order valence-electron chi connectivity index (χ2n) is 4.32. The first kappa shape index (κ1) is 15.6. The fraction of sp³-hybridized carbons (Fsp3) is 0.417. The Kier molecular flexibility index (Phi) is 5.46. The Morgan fingerprint density at radius 3 is 2.58 bits per heavy atom. The summed E-state index contributed by atoms with van der Waals surface area (Å²) < 4.78 is 25.5. The van der Waals surface area contributed by atoms with E-state index in [0.29, 0.717) is 5.69 Å². The number of nitrogens with one attached hydrogen (secondary N) is 3. The second kappa shape index (κ2) is 6.65. The Balaban J connectivity index is 2.75. The van der Waals surface area contributed by atoms with E-state index >= 15 is 0 Å². The monoisotopic (exact) mass is 285 g/mol. The Hall–Kier alpha value is -1.44. The highest BCUT2D eigenvalue weighted by Crippen LogP contribution is 2.14. The van der Waals surface area contributed by atoms with Gasteiger partial charge < -0.3 is 10.6 Å². The molecule has 0 atom stereocenters. The highest BCUT2D eigenvalue weighted by Gasteiger charge is 2.12. The van der Waals surface area contributed by atoms with Crippen molar-refractivity contribution >= 4 is 21.6 Å². The van der Waals surface area contributed by atoms with Gasteiger partial charge >= 0.3 is 0 Å². The lowest BCUT2D eigenvalue weighted by Gasteiger charge is -2.10. The summed E-state index contributed by atoms with van der Waals surface area (Å²) in [7, 11) is -2.16. The fourth-order valence-corrected chi connectivity index (χ4v) is 2.14. The third-order valence-electron chi connectivity index (χ3n) is 2.37. The third-order valence-corrected chi connectivity index (χ3v) is 3.78. The van der Waals surface area contributed by atoms with Crippen LogP contribution in [0.2, 0.25) is 0 Å². The summed E-state index contributed by atoms with van der Waals surface area (Å²) >= 11 is 0. The normalized spacial score (nSPS) is 11.6. The van der Waals surface area contributed by atoms with Crippen molar-refractivity contribution in [3.8, 4) is 0 Å². The second-order valence-corrected chi connectivity index (χ2v) is 6.21. The Labute approximate surface area is 113 Å². The maximum absolute atomic E-state index is 11.6. The molecule has 0 aliphatic heterocycles. The van der Waals surface area contributed by atoms with E-state index < -0.39 is 10.0 Å². The van der Waals surface area contributed by atoms with Gasteiger partial charge in [-0.3, -0.25) is 4.79 Å². The van der Waals surface area contributed by atoms with Gasteiger partial charge in [0.25, 0.3) is 0 Å². The molecule has 106 valence electrons. The minimum atomic E-state index is -3.50. The van der Waals surface area contributed by atoms with E-state index in [1.807, 2.05) is 13.8 Å². The maximum Gasteiger partial charge on any atom is 0.240 e. The van der Waals surface area contributed by atoms with Crippen molar-refractivity contribution in [3.63, 3.8) is 0 Å². The van der Waals surface area contributed by atoms with Crippen LogP contribution in [-0.4, -0.2) is 34.0 Å². The molecule has 1 aromatic rings. The van der Waals surface area contributed by atoms with Crippen molar-refractivity contribution in [3.05, 3.63) is 24.3 Å². The molecule has 0 heterocycles. The molecular weight excluding hydrogens is 266 g/mol. The predicted molar refractivity (Wildman–Crippen MR) is 74.5 cm³/mol. The highest BCUT2D eigenvalue weighted by atomic mass is 32.2. The summed E-state index contributed by atoms with van der Waals surface area (Å²) in [4.78, 5) is 11.7. The van der Waals surface area contributed by atoms with E-state index in [9.17, 15) is 13.2 Å². The van der Waals surface area contributed by atoms with Gasteiger partial charge in [0, 0.05) is 11.7 Å². The van der Waals surface area contributed by atoms with Crippen molar-refractivity contribution in [2.75, 3.05) is 18.9 Å². The van der Waals surface area contributed by atoms with Gasteiger partial charge in [0.05, 0.1) is 11.4 Å². The molecule has 1 aromatic carbocycles. The average molecular weight is 285 g/mol. The molecule has 6 nitrogen and oxygen atoms in total. The van der Waals surface area contributed by atoms with Crippen LogP contribution < -0.4 is 15.4 Å². The van der Waals surface area contributed by atoms with E-state index in [1.54, 1.807) is 12.1 Å². The number of carbonyl (C=O) groups is 1. The van der Waals surface area contributed by atoms with Gasteiger partial charge in [-0.25, -0.2) is 13.1 Å². The average Bonchev–Trinajstić information content (AvgIpc) is 2.36. The molecule has 1 amide bonds. The zero-order valence-corrected chi connectivity index (χ0v) is 12.0. The SMILES string of the molecule is CNS(=O)(=O)c1cccc(NC(=O)CNC(C)C)c1. The highest BCUT2D eigenvalue weighted by molar-refractivity contribution is 7.89. The molecular formula is C12H19N3O3S. The van der Waals surface area contributed by atoms with Crippen LogP contribution in [0.25, 0.3) is 0 Å². The van der Waals surface area contributed by atoms with Gasteiger partial charge in [0.2, 0.25) is 15.9 Å². The molecule has 3 N–H and O–H groups in total. The summed E-state index contributed by atoms with van der Waals surface area (Å²) in [6.07, 6.45) is 0. The molecule has 0 saturated heterocycles. The van der Waals surface area contributed by atoms with Crippen LogP contribution in [-0.2, 0) is 14.8 Å². The van der Waals surface area contributed by atoms with Crippen LogP contribution in [0, 0.1) is 0 Å². The molecule has 0 unspecified atom stereocenters. The van der Waals surface area contributed by atoms with Crippen LogP contribution >= 0.6 is 0 Å². The van der Waals surface area contributed by atoms with Crippen molar-refractivity contribution in [2.45, 2.75) is 24.8 Å². The molecule has 0 saturated carbocycles. The Morgan fingerprint density at radius 1 is 1.32 bits per heavy atom. The summed E-state index contributed by atoms with van der Waals surface area (Å²) in [6.45, 7) is 4.06. The van der Waals surface area contributed by atoms with Gasteiger partial charge in [0.15, 0.2) is 0 Å². The molecule has 1 rings (SSSR count). The minimum Gasteiger partial charge on any atom is -0.325 e. The van der Waals surface area contributed by atoms with Crippen molar-refractivity contribution in [1.29, 1.82) is 0 Å². The minimum absolute atomic E-state index is 0.115. The van der Waals surface area contributed by atoms with Gasteiger partial charge in [0.1, 0.15) is 0 Å². The van der Waals surface area contributed by atoms with E-state index in [1.165, 1.54) is 19.2 Å². The number of hydrogen-bond donors (Lipinski definition) is 3. The first-order chi connectivity index (χ1) is 8.85. The predicted octanol–water partition coefficient (Wildman–Crippen LogP) is 0.531. The maximum atomic E-state index is 11.6. The molecule has 0 aliphatic carbocycles. The standard InChI is InChI=1S/C12H19N3O3S/c1-9(2)14-8-12(16)15-10-5-4-6-11(7-10)19(17,18)13-3/h4-7,9,13-14H,8H2,1-3H3,(H,15,16). The topological polar surface area (TPSA) is 87.3 Å². The summed E-state index contributed by atoms with van der Waals surface area (Å²) in [5.41, 5.74) is 0.451. The Bertz CT molecular complexity index is 541. The number of hydrogen-bond acceptors (Lipinski definition) is 4. The van der Waals surface area contributed by atoms with Gasteiger partial charge in [-0.05, 0) is 25.2 Å². The molecule has 0 aliphatic rings. The molecule has 0 bridgehead atoms. The summed E-state index contributed by atoms with van der Waals surface area (Å²) in [5, 5.41) is 5.62. The van der Waals surface area contributed by atoms with E-state index in [2.05, 4.69) is 15.4 Å².